The van der Waals surface area contributed by atoms with E-state index in [1.54, 1.807) is 12.1 Å². The number of carbonyl (C=O) groups excluding carboxylic acids is 1. The van der Waals surface area contributed by atoms with Gasteiger partial charge in [0.1, 0.15) is 0 Å². The average molecular weight is 395 g/mol. The summed E-state index contributed by atoms with van der Waals surface area (Å²) in [6, 6.07) is 15.7. The Bertz CT molecular complexity index is 1150. The van der Waals surface area contributed by atoms with Crippen LogP contribution in [0.4, 0.5) is 5.69 Å². The highest BCUT2D eigenvalue weighted by molar-refractivity contribution is 7.89. The van der Waals surface area contributed by atoms with Gasteiger partial charge in [-0.3, -0.25) is 9.78 Å². The second kappa shape index (κ2) is 7.00. The van der Waals surface area contributed by atoms with E-state index in [9.17, 15) is 13.2 Å². The minimum Gasteiger partial charge on any atom is -0.322 e. The van der Waals surface area contributed by atoms with Crippen LogP contribution in [-0.4, -0.2) is 37.7 Å². The van der Waals surface area contributed by atoms with Gasteiger partial charge in [-0.05, 0) is 49.2 Å². The number of nitrogens with zero attached hydrogens (tertiary/aromatic N) is 2. The summed E-state index contributed by atoms with van der Waals surface area (Å²) in [4.78, 5) is 17.8. The van der Waals surface area contributed by atoms with Gasteiger partial charge in [0.05, 0.1) is 16.0 Å². The van der Waals surface area contributed by atoms with Crippen molar-refractivity contribution in [2.24, 2.45) is 0 Å². The van der Waals surface area contributed by atoms with E-state index in [1.165, 1.54) is 26.2 Å². The average Bonchev–Trinajstić information content (AvgIpc) is 3.52. The number of aromatic nitrogens is 1. The molecule has 0 aliphatic heterocycles. The maximum atomic E-state index is 12.9. The van der Waals surface area contributed by atoms with Gasteiger partial charge in [-0.2, -0.15) is 0 Å². The highest BCUT2D eigenvalue weighted by atomic mass is 32.2. The van der Waals surface area contributed by atoms with Crippen molar-refractivity contribution < 1.29 is 13.2 Å². The molecule has 0 bridgehead atoms. The van der Waals surface area contributed by atoms with Crippen molar-refractivity contribution in [3.8, 4) is 0 Å². The lowest BCUT2D eigenvalue weighted by Crippen LogP contribution is -2.22. The fraction of sp³-hybridized carbons (Fsp3) is 0.238. The Morgan fingerprint density at radius 3 is 2.39 bits per heavy atom. The van der Waals surface area contributed by atoms with Gasteiger partial charge >= 0.3 is 0 Å². The highest BCUT2D eigenvalue weighted by Crippen LogP contribution is 2.40. The van der Waals surface area contributed by atoms with Crippen molar-refractivity contribution in [1.82, 2.24) is 9.29 Å². The lowest BCUT2D eigenvalue weighted by atomic mass is 10.1. The van der Waals surface area contributed by atoms with Gasteiger partial charge in [-0.1, -0.05) is 18.2 Å². The zero-order chi connectivity index (χ0) is 19.9. The number of carbonyl (C=O) groups is 1. The molecule has 1 saturated carbocycles. The normalized spacial score (nSPS) is 14.4. The number of anilines is 1. The molecule has 0 atom stereocenters. The molecule has 1 amide bonds. The van der Waals surface area contributed by atoms with Crippen LogP contribution in [-0.2, 0) is 10.0 Å². The molecule has 1 aliphatic rings. The van der Waals surface area contributed by atoms with Gasteiger partial charge in [0.2, 0.25) is 10.0 Å². The molecular formula is C21H21N3O3S. The topological polar surface area (TPSA) is 79.4 Å². The number of benzene rings is 2. The van der Waals surface area contributed by atoms with E-state index in [1.807, 2.05) is 30.3 Å². The smallest absolute Gasteiger partial charge is 0.256 e. The standard InChI is InChI=1S/C21H21N3O3S/c1-24(2)28(26,27)16-11-9-15(10-12-16)22-21(25)18-13-20(14-7-8-14)23-19-6-4-3-5-17(18)19/h3-6,9-14H,7-8H2,1-2H3,(H,22,25). The second-order valence-corrected chi connectivity index (χ2v) is 9.30. The summed E-state index contributed by atoms with van der Waals surface area (Å²) in [5.41, 5.74) is 2.88. The Morgan fingerprint density at radius 2 is 1.75 bits per heavy atom. The highest BCUT2D eigenvalue weighted by Gasteiger charge is 2.27. The number of para-hydroxylation sites is 1. The number of amides is 1. The van der Waals surface area contributed by atoms with Crippen LogP contribution in [0.3, 0.4) is 0 Å². The van der Waals surface area contributed by atoms with Crippen LogP contribution in [0.15, 0.2) is 59.5 Å². The largest absolute Gasteiger partial charge is 0.322 e. The minimum atomic E-state index is -3.50. The van der Waals surface area contributed by atoms with Gasteiger partial charge in [0.25, 0.3) is 5.91 Å². The molecule has 1 aliphatic carbocycles. The van der Waals surface area contributed by atoms with Crippen LogP contribution < -0.4 is 5.32 Å². The van der Waals surface area contributed by atoms with Crippen LogP contribution in [0.1, 0.15) is 34.8 Å². The van der Waals surface area contributed by atoms with E-state index < -0.39 is 10.0 Å². The van der Waals surface area contributed by atoms with E-state index in [2.05, 4.69) is 5.32 Å². The number of sulfonamides is 1. The monoisotopic (exact) mass is 395 g/mol. The first-order chi connectivity index (χ1) is 13.4. The number of hydrogen-bond acceptors (Lipinski definition) is 4. The van der Waals surface area contributed by atoms with Crippen LogP contribution in [0.5, 0.6) is 0 Å². The summed E-state index contributed by atoms with van der Waals surface area (Å²) < 4.78 is 25.5. The molecule has 1 aromatic heterocycles. The zero-order valence-corrected chi connectivity index (χ0v) is 16.5. The molecule has 144 valence electrons. The third-order valence-electron chi connectivity index (χ3n) is 4.87. The summed E-state index contributed by atoms with van der Waals surface area (Å²) in [5, 5.41) is 3.67. The molecule has 1 N–H and O–H groups in total. The fourth-order valence-corrected chi connectivity index (χ4v) is 3.99. The molecule has 7 heteroatoms. The van der Waals surface area contributed by atoms with E-state index in [0.717, 1.165) is 33.7 Å². The van der Waals surface area contributed by atoms with Crippen LogP contribution in [0.25, 0.3) is 10.9 Å². The van der Waals surface area contributed by atoms with Crippen LogP contribution >= 0.6 is 0 Å². The summed E-state index contributed by atoms with van der Waals surface area (Å²) in [5.74, 6) is 0.204. The maximum absolute atomic E-state index is 12.9. The molecule has 1 heterocycles. The SMILES string of the molecule is CN(C)S(=O)(=O)c1ccc(NC(=O)c2cc(C3CC3)nc3ccccc23)cc1. The van der Waals surface area contributed by atoms with E-state index >= 15 is 0 Å². The summed E-state index contributed by atoms with van der Waals surface area (Å²) in [7, 11) is -0.533. The number of nitrogens with one attached hydrogen (secondary N) is 1. The Kier molecular flexibility index (Phi) is 4.64. The van der Waals surface area contributed by atoms with Gasteiger partial charge in [-0.25, -0.2) is 12.7 Å². The zero-order valence-electron chi connectivity index (χ0n) is 15.7. The van der Waals surface area contributed by atoms with Crippen molar-refractivity contribution in [2.75, 3.05) is 19.4 Å². The predicted octanol–water partition coefficient (Wildman–Crippen LogP) is 3.61. The maximum Gasteiger partial charge on any atom is 0.256 e. The summed E-state index contributed by atoms with van der Waals surface area (Å²) in [6.45, 7) is 0. The van der Waals surface area contributed by atoms with E-state index in [-0.39, 0.29) is 10.8 Å². The van der Waals surface area contributed by atoms with Crippen molar-refractivity contribution in [2.45, 2.75) is 23.7 Å². The van der Waals surface area contributed by atoms with Gasteiger partial charge in [0.15, 0.2) is 0 Å². The van der Waals surface area contributed by atoms with E-state index in [0.29, 0.717) is 17.2 Å². The predicted molar refractivity (Wildman–Crippen MR) is 109 cm³/mol. The first-order valence-electron chi connectivity index (χ1n) is 9.10. The first kappa shape index (κ1) is 18.6. The third kappa shape index (κ3) is 3.50. The Morgan fingerprint density at radius 1 is 1.07 bits per heavy atom. The molecule has 6 nitrogen and oxygen atoms in total. The molecule has 28 heavy (non-hydrogen) atoms. The molecular weight excluding hydrogens is 374 g/mol. The van der Waals surface area contributed by atoms with E-state index in [4.69, 9.17) is 4.98 Å². The summed E-state index contributed by atoms with van der Waals surface area (Å²) >= 11 is 0. The Labute approximate surface area is 164 Å². The summed E-state index contributed by atoms with van der Waals surface area (Å²) in [6.07, 6.45) is 2.21. The molecule has 0 saturated heterocycles. The lowest BCUT2D eigenvalue weighted by molar-refractivity contribution is 0.102. The number of hydrogen-bond donors (Lipinski definition) is 1. The third-order valence-corrected chi connectivity index (χ3v) is 6.70. The Balaban J connectivity index is 1.64. The molecule has 0 unspecified atom stereocenters. The van der Waals surface area contributed by atoms with Crippen molar-refractivity contribution in [3.63, 3.8) is 0 Å². The Hall–Kier alpha value is -2.77. The fourth-order valence-electron chi connectivity index (χ4n) is 3.09. The lowest BCUT2D eigenvalue weighted by Gasteiger charge is -2.13. The van der Waals surface area contributed by atoms with Crippen LogP contribution in [0, 0.1) is 0 Å². The second-order valence-electron chi connectivity index (χ2n) is 7.15. The molecule has 4 rings (SSSR count). The molecule has 0 radical (unpaired) electrons. The van der Waals surface area contributed by atoms with Crippen molar-refractivity contribution in [1.29, 1.82) is 0 Å². The van der Waals surface area contributed by atoms with Crippen molar-refractivity contribution >= 4 is 32.5 Å². The molecule has 0 spiro atoms. The molecule has 3 aromatic rings. The number of rotatable bonds is 5. The van der Waals surface area contributed by atoms with Gasteiger partial charge < -0.3 is 5.32 Å². The van der Waals surface area contributed by atoms with Gasteiger partial charge in [0, 0.05) is 36.8 Å². The van der Waals surface area contributed by atoms with Crippen molar-refractivity contribution in [3.05, 3.63) is 65.9 Å². The minimum absolute atomic E-state index is 0.181. The first-order valence-corrected chi connectivity index (χ1v) is 10.5. The molecule has 1 fully saturated rings. The number of pyridine rings is 1. The molecule has 2 aromatic carbocycles. The quantitative estimate of drug-likeness (QED) is 0.716. The van der Waals surface area contributed by atoms with Gasteiger partial charge in [-0.15, -0.1) is 0 Å². The number of fused-ring (bicyclic) bond motifs is 1. The van der Waals surface area contributed by atoms with Crippen LogP contribution in [0.2, 0.25) is 0 Å².